The highest BCUT2D eigenvalue weighted by atomic mass is 79.9. The molecule has 162 valence electrons. The van der Waals surface area contributed by atoms with E-state index in [2.05, 4.69) is 96.0 Å². The van der Waals surface area contributed by atoms with Crippen LogP contribution in [0.15, 0.2) is 45.3 Å². The van der Waals surface area contributed by atoms with E-state index < -0.39 is 0 Å². The summed E-state index contributed by atoms with van der Waals surface area (Å²) in [4.78, 5) is 0. The smallest absolute Gasteiger partial charge is 0.0247 e. The first-order chi connectivity index (χ1) is 14.4. The van der Waals surface area contributed by atoms with Crippen LogP contribution in [-0.4, -0.2) is 0 Å². The first kappa shape index (κ1) is 22.6. The van der Waals surface area contributed by atoms with Crippen LogP contribution in [-0.2, 0) is 5.41 Å². The van der Waals surface area contributed by atoms with Crippen LogP contribution in [0.1, 0.15) is 83.8 Å². The van der Waals surface area contributed by atoms with Gasteiger partial charge in [-0.25, -0.2) is 0 Å². The zero-order chi connectivity index (χ0) is 21.5. The number of hydrogen-bond acceptors (Lipinski definition) is 0. The number of halogens is 2. The predicted octanol–water partition coefficient (Wildman–Crippen LogP) is 9.77. The van der Waals surface area contributed by atoms with Crippen molar-refractivity contribution in [1.82, 2.24) is 0 Å². The summed E-state index contributed by atoms with van der Waals surface area (Å²) in [7, 11) is 0. The molecule has 0 spiro atoms. The highest BCUT2D eigenvalue weighted by molar-refractivity contribution is 9.10. The third kappa shape index (κ3) is 3.85. The Labute approximate surface area is 200 Å². The van der Waals surface area contributed by atoms with Crippen LogP contribution in [0, 0.1) is 23.7 Å². The molecule has 2 aliphatic carbocycles. The molecule has 0 amide bonds. The van der Waals surface area contributed by atoms with Crippen molar-refractivity contribution in [2.24, 2.45) is 23.7 Å². The Morgan fingerprint density at radius 1 is 0.933 bits per heavy atom. The molecule has 3 atom stereocenters. The largest absolute Gasteiger partial charge is 0.0654 e. The van der Waals surface area contributed by atoms with Gasteiger partial charge in [0.25, 0.3) is 0 Å². The topological polar surface area (TPSA) is 0 Å². The Morgan fingerprint density at radius 3 is 2.07 bits per heavy atom. The van der Waals surface area contributed by atoms with Gasteiger partial charge in [-0.15, -0.1) is 0 Å². The first-order valence-corrected chi connectivity index (χ1v) is 13.6. The van der Waals surface area contributed by atoms with Crippen molar-refractivity contribution in [2.75, 3.05) is 0 Å². The molecular weight excluding hydrogens is 496 g/mol. The van der Waals surface area contributed by atoms with Crippen molar-refractivity contribution in [3.63, 3.8) is 0 Å². The molecule has 1 fully saturated rings. The van der Waals surface area contributed by atoms with Crippen LogP contribution in [0.25, 0.3) is 11.1 Å². The van der Waals surface area contributed by atoms with E-state index >= 15 is 0 Å². The van der Waals surface area contributed by atoms with Crippen molar-refractivity contribution >= 4 is 31.9 Å². The highest BCUT2D eigenvalue weighted by Crippen LogP contribution is 2.61. The minimum absolute atomic E-state index is 0.136. The van der Waals surface area contributed by atoms with Gasteiger partial charge in [0.1, 0.15) is 0 Å². The van der Waals surface area contributed by atoms with E-state index in [1.54, 1.807) is 11.1 Å². The molecule has 2 aromatic carbocycles. The molecule has 2 aliphatic rings. The van der Waals surface area contributed by atoms with E-state index in [0.717, 1.165) is 17.8 Å². The number of unbranched alkanes of at least 4 members (excludes halogenated alkanes) is 2. The SMILES string of the molecule is CCCCCC1([C@H]2C[C@H](C)CC[C@H]2C(C)C)c2cc(Br)ccc2-c2ccc(Br)cc21. The molecule has 0 N–H and O–H groups in total. The molecule has 0 saturated heterocycles. The van der Waals surface area contributed by atoms with Gasteiger partial charge >= 0.3 is 0 Å². The minimum Gasteiger partial charge on any atom is -0.0654 e. The summed E-state index contributed by atoms with van der Waals surface area (Å²) in [6.45, 7) is 9.75. The lowest BCUT2D eigenvalue weighted by Crippen LogP contribution is -2.44. The third-order valence-electron chi connectivity index (χ3n) is 8.04. The molecule has 0 heterocycles. The number of rotatable bonds is 6. The van der Waals surface area contributed by atoms with Crippen molar-refractivity contribution in [3.8, 4) is 11.1 Å². The second-order valence-corrected chi connectivity index (χ2v) is 12.1. The summed E-state index contributed by atoms with van der Waals surface area (Å²) >= 11 is 7.66. The summed E-state index contributed by atoms with van der Waals surface area (Å²) < 4.78 is 2.44. The Kier molecular flexibility index (Phi) is 6.85. The quantitative estimate of drug-likeness (QED) is 0.325. The maximum Gasteiger partial charge on any atom is 0.0247 e. The molecule has 30 heavy (non-hydrogen) atoms. The van der Waals surface area contributed by atoms with Gasteiger partial charge in [0.05, 0.1) is 0 Å². The fourth-order valence-electron chi connectivity index (χ4n) is 6.66. The van der Waals surface area contributed by atoms with Gasteiger partial charge in [0.2, 0.25) is 0 Å². The van der Waals surface area contributed by atoms with Crippen molar-refractivity contribution < 1.29 is 0 Å². The fourth-order valence-corrected chi connectivity index (χ4v) is 7.39. The lowest BCUT2D eigenvalue weighted by Gasteiger charge is -2.49. The normalized spacial score (nSPS) is 24.7. The molecule has 0 aromatic heterocycles. The van der Waals surface area contributed by atoms with Gasteiger partial charge in [-0.2, -0.15) is 0 Å². The lowest BCUT2D eigenvalue weighted by atomic mass is 9.54. The van der Waals surface area contributed by atoms with Crippen molar-refractivity contribution in [3.05, 3.63) is 56.5 Å². The van der Waals surface area contributed by atoms with Gasteiger partial charge in [-0.3, -0.25) is 0 Å². The van der Waals surface area contributed by atoms with Crippen molar-refractivity contribution in [2.45, 2.75) is 78.1 Å². The molecule has 0 radical (unpaired) electrons. The van der Waals surface area contributed by atoms with Crippen LogP contribution in [0.4, 0.5) is 0 Å². The predicted molar refractivity (Wildman–Crippen MR) is 137 cm³/mol. The summed E-state index contributed by atoms with van der Waals surface area (Å²) in [5.41, 5.74) is 6.25. The highest BCUT2D eigenvalue weighted by Gasteiger charge is 2.52. The van der Waals surface area contributed by atoms with Gasteiger partial charge < -0.3 is 0 Å². The Bertz CT molecular complexity index is 846. The van der Waals surface area contributed by atoms with Crippen LogP contribution < -0.4 is 0 Å². The number of benzene rings is 2. The molecule has 1 saturated carbocycles. The zero-order valence-electron chi connectivity index (χ0n) is 19.0. The molecule has 0 aliphatic heterocycles. The van der Waals surface area contributed by atoms with Crippen LogP contribution >= 0.6 is 31.9 Å². The molecule has 0 bridgehead atoms. The van der Waals surface area contributed by atoms with Gasteiger partial charge in [-0.05, 0) is 89.5 Å². The van der Waals surface area contributed by atoms with E-state index in [4.69, 9.17) is 0 Å². The van der Waals surface area contributed by atoms with Gasteiger partial charge in [0.15, 0.2) is 0 Å². The van der Waals surface area contributed by atoms with Gasteiger partial charge in [0, 0.05) is 14.4 Å². The summed E-state index contributed by atoms with van der Waals surface area (Å²) in [5, 5.41) is 0. The van der Waals surface area contributed by atoms with Crippen molar-refractivity contribution in [1.29, 1.82) is 0 Å². The summed E-state index contributed by atoms with van der Waals surface area (Å²) in [6, 6.07) is 14.1. The molecule has 4 rings (SSSR count). The maximum absolute atomic E-state index is 3.83. The van der Waals surface area contributed by atoms with E-state index in [1.165, 1.54) is 65.0 Å². The monoisotopic (exact) mass is 530 g/mol. The molecule has 0 nitrogen and oxygen atoms in total. The van der Waals surface area contributed by atoms with Crippen LogP contribution in [0.3, 0.4) is 0 Å². The van der Waals surface area contributed by atoms with E-state index in [9.17, 15) is 0 Å². The standard InChI is InChI=1S/C28H36Br2/c1-5-6-7-14-28(25-15-19(4)8-11-22(25)18(2)3)26-16-20(29)9-12-23(26)24-13-10-21(30)17-27(24)28/h9-10,12-13,16-19,22,25H,5-8,11,14-15H2,1-4H3/t19-,22+,25+/m1/s1. The number of hydrogen-bond donors (Lipinski definition) is 0. The van der Waals surface area contributed by atoms with Crippen LogP contribution in [0.5, 0.6) is 0 Å². The number of fused-ring (bicyclic) bond motifs is 3. The van der Waals surface area contributed by atoms with Gasteiger partial charge in [-0.1, -0.05) is 97.4 Å². The Morgan fingerprint density at radius 2 is 1.53 bits per heavy atom. The summed E-state index contributed by atoms with van der Waals surface area (Å²) in [6.07, 6.45) is 9.31. The summed E-state index contributed by atoms with van der Waals surface area (Å²) in [5.74, 6) is 3.05. The fraction of sp³-hybridized carbons (Fsp3) is 0.571. The lowest BCUT2D eigenvalue weighted by molar-refractivity contribution is 0.0826. The molecule has 0 unspecified atom stereocenters. The average molecular weight is 532 g/mol. The Hall–Kier alpha value is -0.600. The van der Waals surface area contributed by atoms with Crippen LogP contribution in [0.2, 0.25) is 0 Å². The van der Waals surface area contributed by atoms with E-state index in [-0.39, 0.29) is 5.41 Å². The first-order valence-electron chi connectivity index (χ1n) is 12.0. The molecular formula is C28H36Br2. The zero-order valence-corrected chi connectivity index (χ0v) is 22.2. The molecule has 2 aromatic rings. The Balaban J connectivity index is 1.97. The third-order valence-corrected chi connectivity index (χ3v) is 9.03. The second kappa shape index (κ2) is 9.10. The maximum atomic E-state index is 3.83. The van der Waals surface area contributed by atoms with E-state index in [0.29, 0.717) is 5.92 Å². The average Bonchev–Trinajstić information content (AvgIpc) is 2.97. The van der Waals surface area contributed by atoms with E-state index in [1.807, 2.05) is 0 Å². The second-order valence-electron chi connectivity index (χ2n) is 10.2. The minimum atomic E-state index is 0.136. The molecule has 2 heteroatoms.